The van der Waals surface area contributed by atoms with Gasteiger partial charge < -0.3 is 0 Å². The molecular weight excluding hydrogens is 250 g/mol. The Balaban J connectivity index is 2.21. The monoisotopic (exact) mass is 263 g/mol. The molecular formula is C17H13NO2. The zero-order chi connectivity index (χ0) is 14.1. The molecule has 0 bridgehead atoms. The van der Waals surface area contributed by atoms with Crippen molar-refractivity contribution in [2.24, 2.45) is 0 Å². The maximum atomic E-state index is 12.6. The second-order valence-electron chi connectivity index (χ2n) is 4.53. The summed E-state index contributed by atoms with van der Waals surface area (Å²) in [6.45, 7) is 1.81. The number of anilines is 1. The van der Waals surface area contributed by atoms with Gasteiger partial charge in [-0.15, -0.1) is 0 Å². The molecule has 2 aromatic carbocycles. The third kappa shape index (κ3) is 1.75. The van der Waals surface area contributed by atoms with Crippen molar-refractivity contribution in [2.45, 2.75) is 6.92 Å². The van der Waals surface area contributed by atoms with Crippen LogP contribution in [0.2, 0.25) is 0 Å². The standard InChI is InChI=1S/C17H13NO2/c1-2-13-14-10-6-7-11-15(14)17(20)18(16(13)19)12-8-4-3-5-9-12/h2-11H,1H3/b13-2-. The van der Waals surface area contributed by atoms with Crippen LogP contribution in [0, 0.1) is 0 Å². The second kappa shape index (κ2) is 4.78. The summed E-state index contributed by atoms with van der Waals surface area (Å²) in [5, 5.41) is 0. The fraction of sp³-hybridized carbons (Fsp3) is 0.0588. The van der Waals surface area contributed by atoms with Gasteiger partial charge >= 0.3 is 0 Å². The van der Waals surface area contributed by atoms with E-state index in [-0.39, 0.29) is 11.8 Å². The number of nitrogens with zero attached hydrogens (tertiary/aromatic N) is 1. The Kier molecular flexibility index (Phi) is 2.95. The van der Waals surface area contributed by atoms with Crippen molar-refractivity contribution >= 4 is 23.1 Å². The molecule has 0 saturated heterocycles. The van der Waals surface area contributed by atoms with Gasteiger partial charge in [0, 0.05) is 11.1 Å². The van der Waals surface area contributed by atoms with Crippen LogP contribution in [0.5, 0.6) is 0 Å². The summed E-state index contributed by atoms with van der Waals surface area (Å²) in [5.74, 6) is -0.551. The largest absolute Gasteiger partial charge is 0.268 e. The fourth-order valence-electron chi connectivity index (χ4n) is 2.44. The summed E-state index contributed by atoms with van der Waals surface area (Å²) in [6.07, 6.45) is 1.75. The van der Waals surface area contributed by atoms with E-state index in [1.165, 1.54) is 4.90 Å². The summed E-state index contributed by atoms with van der Waals surface area (Å²) in [5.41, 5.74) is 2.42. The summed E-state index contributed by atoms with van der Waals surface area (Å²) in [6, 6.07) is 16.2. The number of fused-ring (bicyclic) bond motifs is 1. The first-order valence-corrected chi connectivity index (χ1v) is 6.43. The van der Waals surface area contributed by atoms with Gasteiger partial charge in [0.25, 0.3) is 11.8 Å². The minimum absolute atomic E-state index is 0.276. The van der Waals surface area contributed by atoms with Crippen molar-refractivity contribution in [3.63, 3.8) is 0 Å². The molecule has 0 radical (unpaired) electrons. The van der Waals surface area contributed by atoms with Gasteiger partial charge in [-0.25, -0.2) is 4.90 Å². The zero-order valence-corrected chi connectivity index (χ0v) is 11.0. The minimum atomic E-state index is -0.276. The molecule has 0 spiro atoms. The molecule has 3 heteroatoms. The topological polar surface area (TPSA) is 37.4 Å². The lowest BCUT2D eigenvalue weighted by atomic mass is 9.93. The highest BCUT2D eigenvalue weighted by molar-refractivity contribution is 6.40. The predicted molar refractivity (Wildman–Crippen MR) is 78.4 cm³/mol. The number of rotatable bonds is 1. The summed E-state index contributed by atoms with van der Waals surface area (Å²) in [4.78, 5) is 26.4. The van der Waals surface area contributed by atoms with Gasteiger partial charge in [-0.3, -0.25) is 9.59 Å². The van der Waals surface area contributed by atoms with Crippen LogP contribution in [-0.4, -0.2) is 11.8 Å². The van der Waals surface area contributed by atoms with Crippen LogP contribution in [0.25, 0.3) is 5.57 Å². The highest BCUT2D eigenvalue weighted by atomic mass is 16.2. The number of imide groups is 1. The Morgan fingerprint density at radius 2 is 1.40 bits per heavy atom. The molecule has 0 saturated carbocycles. The lowest BCUT2D eigenvalue weighted by molar-refractivity contribution is -0.112. The molecule has 0 N–H and O–H groups in total. The van der Waals surface area contributed by atoms with Crippen molar-refractivity contribution < 1.29 is 9.59 Å². The van der Waals surface area contributed by atoms with Crippen molar-refractivity contribution in [1.82, 2.24) is 0 Å². The van der Waals surface area contributed by atoms with Gasteiger partial charge in [-0.05, 0) is 30.7 Å². The first-order chi connectivity index (χ1) is 9.74. The third-order valence-electron chi connectivity index (χ3n) is 3.39. The lowest BCUT2D eigenvalue weighted by Crippen LogP contribution is -2.41. The van der Waals surface area contributed by atoms with Crippen molar-refractivity contribution in [1.29, 1.82) is 0 Å². The highest BCUT2D eigenvalue weighted by Gasteiger charge is 2.34. The average Bonchev–Trinajstić information content (AvgIpc) is 2.49. The quantitative estimate of drug-likeness (QED) is 0.585. The molecule has 2 amide bonds. The maximum Gasteiger partial charge on any atom is 0.265 e. The summed E-state index contributed by atoms with van der Waals surface area (Å²) in [7, 11) is 0. The lowest BCUT2D eigenvalue weighted by Gasteiger charge is -2.28. The van der Waals surface area contributed by atoms with Crippen LogP contribution in [0.15, 0.2) is 60.7 Å². The predicted octanol–water partition coefficient (Wildman–Crippen LogP) is 3.28. The van der Waals surface area contributed by atoms with E-state index in [9.17, 15) is 9.59 Å². The molecule has 1 aliphatic rings. The fourth-order valence-corrected chi connectivity index (χ4v) is 2.44. The molecule has 3 nitrogen and oxygen atoms in total. The van der Waals surface area contributed by atoms with Crippen LogP contribution < -0.4 is 4.90 Å². The van der Waals surface area contributed by atoms with E-state index >= 15 is 0 Å². The average molecular weight is 263 g/mol. The number of amides is 2. The van der Waals surface area contributed by atoms with Gasteiger partial charge in [0.1, 0.15) is 0 Å². The van der Waals surface area contributed by atoms with Crippen molar-refractivity contribution in [3.8, 4) is 0 Å². The Morgan fingerprint density at radius 3 is 2.05 bits per heavy atom. The van der Waals surface area contributed by atoms with E-state index in [0.717, 1.165) is 0 Å². The van der Waals surface area contributed by atoms with Gasteiger partial charge in [0.05, 0.1) is 5.69 Å². The number of para-hydroxylation sites is 1. The molecule has 0 unspecified atom stereocenters. The number of benzene rings is 2. The van der Waals surface area contributed by atoms with Crippen molar-refractivity contribution in [2.75, 3.05) is 4.90 Å². The maximum absolute atomic E-state index is 12.6. The van der Waals surface area contributed by atoms with Gasteiger partial charge in [-0.1, -0.05) is 42.5 Å². The Bertz CT molecular complexity index is 717. The zero-order valence-electron chi connectivity index (χ0n) is 11.0. The molecule has 98 valence electrons. The number of carbonyl (C=O) groups is 2. The molecule has 0 aromatic heterocycles. The van der Waals surface area contributed by atoms with E-state index in [0.29, 0.717) is 22.4 Å². The van der Waals surface area contributed by atoms with Crippen LogP contribution in [0.4, 0.5) is 5.69 Å². The minimum Gasteiger partial charge on any atom is -0.268 e. The van der Waals surface area contributed by atoms with E-state index in [1.807, 2.05) is 43.3 Å². The normalized spacial score (nSPS) is 16.4. The smallest absolute Gasteiger partial charge is 0.265 e. The van der Waals surface area contributed by atoms with Gasteiger partial charge in [-0.2, -0.15) is 0 Å². The number of hydrogen-bond acceptors (Lipinski definition) is 2. The molecule has 20 heavy (non-hydrogen) atoms. The number of carbonyl (C=O) groups excluding carboxylic acids is 2. The summed E-state index contributed by atoms with van der Waals surface area (Å²) < 4.78 is 0. The number of allylic oxidation sites excluding steroid dienone is 1. The van der Waals surface area contributed by atoms with E-state index in [4.69, 9.17) is 0 Å². The van der Waals surface area contributed by atoms with Crippen LogP contribution in [0.1, 0.15) is 22.8 Å². The Morgan fingerprint density at radius 1 is 0.800 bits per heavy atom. The van der Waals surface area contributed by atoms with Crippen molar-refractivity contribution in [3.05, 3.63) is 71.8 Å². The Labute approximate surface area is 117 Å². The van der Waals surface area contributed by atoms with Gasteiger partial charge in [0.2, 0.25) is 0 Å². The van der Waals surface area contributed by atoms with E-state index in [1.54, 1.807) is 24.3 Å². The van der Waals surface area contributed by atoms with Gasteiger partial charge in [0.15, 0.2) is 0 Å². The Hall–Kier alpha value is -2.68. The van der Waals surface area contributed by atoms with E-state index < -0.39 is 0 Å². The molecule has 1 aliphatic heterocycles. The summed E-state index contributed by atoms with van der Waals surface area (Å²) >= 11 is 0. The number of hydrogen-bond donors (Lipinski definition) is 0. The molecule has 0 fully saturated rings. The first-order valence-electron chi connectivity index (χ1n) is 6.43. The SMILES string of the molecule is C/C=C1\C(=O)N(c2ccccc2)C(=O)c2ccccc21. The van der Waals surface area contributed by atoms with Crippen LogP contribution >= 0.6 is 0 Å². The second-order valence-corrected chi connectivity index (χ2v) is 4.53. The van der Waals surface area contributed by atoms with Crippen LogP contribution in [-0.2, 0) is 4.79 Å². The van der Waals surface area contributed by atoms with E-state index in [2.05, 4.69) is 0 Å². The molecule has 2 aromatic rings. The first kappa shape index (κ1) is 12.4. The highest BCUT2D eigenvalue weighted by Crippen LogP contribution is 2.31. The molecule has 1 heterocycles. The molecule has 0 atom stereocenters. The van der Waals surface area contributed by atoms with Crippen LogP contribution in [0.3, 0.4) is 0 Å². The molecule has 0 aliphatic carbocycles. The molecule has 3 rings (SSSR count). The third-order valence-corrected chi connectivity index (χ3v) is 3.39.